The normalized spacial score (nSPS) is 27.7. The lowest BCUT2D eigenvalue weighted by atomic mass is 9.80. The van der Waals surface area contributed by atoms with Crippen LogP contribution in [0.25, 0.3) is 0 Å². The van der Waals surface area contributed by atoms with E-state index in [9.17, 15) is 9.18 Å². The molecule has 2 aromatic rings. The summed E-state index contributed by atoms with van der Waals surface area (Å²) in [6, 6.07) is 2.87. The summed E-state index contributed by atoms with van der Waals surface area (Å²) < 4.78 is 19.9. The van der Waals surface area contributed by atoms with Crippen molar-refractivity contribution < 1.29 is 13.6 Å². The molecule has 3 fully saturated rings. The van der Waals surface area contributed by atoms with Crippen LogP contribution in [0.1, 0.15) is 55.5 Å². The second-order valence-corrected chi connectivity index (χ2v) is 7.85. The van der Waals surface area contributed by atoms with Crippen molar-refractivity contribution >= 4 is 5.91 Å². The van der Waals surface area contributed by atoms with Crippen LogP contribution in [-0.4, -0.2) is 39.1 Å². The van der Waals surface area contributed by atoms with Crippen molar-refractivity contribution in [1.29, 1.82) is 0 Å². The van der Waals surface area contributed by atoms with Crippen molar-refractivity contribution in [2.75, 3.05) is 13.1 Å². The molecule has 3 heterocycles. The number of carbonyl (C=O) groups is 1. The smallest absolute Gasteiger partial charge is 0.228 e. The van der Waals surface area contributed by atoms with Crippen LogP contribution in [-0.2, 0) is 16.6 Å². The fourth-order valence-corrected chi connectivity index (χ4v) is 4.56. The first-order valence-corrected chi connectivity index (χ1v) is 9.37. The Balaban J connectivity index is 1.36. The van der Waals surface area contributed by atoms with Crippen LogP contribution in [0.15, 0.2) is 22.7 Å². The molecule has 0 N–H and O–H groups in total. The summed E-state index contributed by atoms with van der Waals surface area (Å²) in [6.45, 7) is 1.26. The van der Waals surface area contributed by atoms with E-state index in [0.29, 0.717) is 30.8 Å². The average Bonchev–Trinajstić information content (AvgIpc) is 3.06. The summed E-state index contributed by atoms with van der Waals surface area (Å²) in [6.07, 6.45) is 6.89. The third kappa shape index (κ3) is 2.52. The quantitative estimate of drug-likeness (QED) is 0.842. The molecular weight excluding hydrogens is 335 g/mol. The van der Waals surface area contributed by atoms with Crippen molar-refractivity contribution in [3.05, 3.63) is 41.6 Å². The fraction of sp³-hybridized carbons (Fsp3) is 0.579. The van der Waals surface area contributed by atoms with E-state index in [1.165, 1.54) is 18.3 Å². The maximum absolute atomic E-state index is 13.8. The van der Waals surface area contributed by atoms with Gasteiger partial charge in [0.25, 0.3) is 0 Å². The lowest BCUT2D eigenvalue weighted by Crippen LogP contribution is -2.35. The van der Waals surface area contributed by atoms with E-state index >= 15 is 0 Å². The highest BCUT2D eigenvalue weighted by Gasteiger charge is 2.55. The van der Waals surface area contributed by atoms with Crippen molar-refractivity contribution in [2.45, 2.75) is 49.9 Å². The number of fused-ring (bicyclic) bond motifs is 1. The third-order valence-corrected chi connectivity index (χ3v) is 6.17. The van der Waals surface area contributed by atoms with Gasteiger partial charge >= 0.3 is 0 Å². The van der Waals surface area contributed by atoms with Gasteiger partial charge < -0.3 is 9.32 Å². The van der Waals surface area contributed by atoms with E-state index < -0.39 is 5.82 Å². The lowest BCUT2D eigenvalue weighted by Gasteiger charge is -2.24. The van der Waals surface area contributed by atoms with E-state index in [4.69, 9.17) is 4.42 Å². The number of rotatable bonds is 4. The number of amides is 1. The Bertz CT molecular complexity index is 850. The lowest BCUT2D eigenvalue weighted by molar-refractivity contribution is -0.129. The Kier molecular flexibility index (Phi) is 3.58. The molecule has 7 heteroatoms. The number of carbonyl (C=O) groups excluding carboxylic acids is 1. The Hall–Kier alpha value is -2.31. The van der Waals surface area contributed by atoms with Gasteiger partial charge in [0.2, 0.25) is 17.7 Å². The fourth-order valence-electron chi connectivity index (χ4n) is 4.56. The molecule has 3 aliphatic rings. The first kappa shape index (κ1) is 15.9. The second kappa shape index (κ2) is 5.86. The highest BCUT2D eigenvalue weighted by atomic mass is 19.1. The minimum atomic E-state index is -0.430. The number of pyridine rings is 1. The number of nitrogens with zero attached hydrogens (tertiary/aromatic N) is 4. The molecule has 136 valence electrons. The molecule has 0 spiro atoms. The van der Waals surface area contributed by atoms with Gasteiger partial charge in [0.05, 0.1) is 17.5 Å². The Morgan fingerprint density at radius 1 is 1.35 bits per heavy atom. The zero-order valence-electron chi connectivity index (χ0n) is 14.5. The zero-order valence-corrected chi connectivity index (χ0v) is 14.5. The van der Waals surface area contributed by atoms with Crippen LogP contribution in [0.2, 0.25) is 0 Å². The van der Waals surface area contributed by atoms with Gasteiger partial charge in [0, 0.05) is 25.2 Å². The molecule has 2 aliphatic carbocycles. The standard InChI is InChI=1S/C19H21FN4O2/c20-14-4-2-8-21-15(14)9-16(25)24-10-13-3-1-7-19(13,11-24)18-23-22-17(26-18)12-5-6-12/h2,4,8,12-13H,1,3,5-7,9-11H2/t13-,19-/m0/s1. The van der Waals surface area contributed by atoms with Gasteiger partial charge in [-0.2, -0.15) is 0 Å². The maximum atomic E-state index is 13.8. The van der Waals surface area contributed by atoms with Crippen LogP contribution in [0.3, 0.4) is 0 Å². The van der Waals surface area contributed by atoms with Crippen molar-refractivity contribution in [2.24, 2.45) is 5.92 Å². The molecule has 2 aromatic heterocycles. The summed E-state index contributed by atoms with van der Waals surface area (Å²) in [7, 11) is 0. The summed E-state index contributed by atoms with van der Waals surface area (Å²) in [5, 5.41) is 8.61. The molecule has 1 saturated heterocycles. The van der Waals surface area contributed by atoms with Gasteiger partial charge in [-0.1, -0.05) is 6.42 Å². The first-order chi connectivity index (χ1) is 12.7. The molecule has 0 radical (unpaired) electrons. The van der Waals surface area contributed by atoms with E-state index in [0.717, 1.165) is 38.0 Å². The van der Waals surface area contributed by atoms with Crippen molar-refractivity contribution in [3.8, 4) is 0 Å². The van der Waals surface area contributed by atoms with Gasteiger partial charge in [0.1, 0.15) is 5.82 Å². The number of aromatic nitrogens is 3. The minimum Gasteiger partial charge on any atom is -0.424 e. The molecule has 1 aliphatic heterocycles. The monoisotopic (exact) mass is 356 g/mol. The van der Waals surface area contributed by atoms with Gasteiger partial charge in [-0.25, -0.2) is 4.39 Å². The predicted octanol–water partition coefficient (Wildman–Crippen LogP) is 2.60. The molecule has 6 nitrogen and oxygen atoms in total. The summed E-state index contributed by atoms with van der Waals surface area (Å²) >= 11 is 0. The van der Waals surface area contributed by atoms with Crippen LogP contribution >= 0.6 is 0 Å². The summed E-state index contributed by atoms with van der Waals surface area (Å²) in [5.41, 5.74) is -0.0178. The number of likely N-dealkylation sites (tertiary alicyclic amines) is 1. The molecular formula is C19H21FN4O2. The average molecular weight is 356 g/mol. The Morgan fingerprint density at radius 2 is 2.23 bits per heavy atom. The van der Waals surface area contributed by atoms with E-state index in [-0.39, 0.29) is 23.4 Å². The van der Waals surface area contributed by atoms with Crippen molar-refractivity contribution in [3.63, 3.8) is 0 Å². The highest BCUT2D eigenvalue weighted by Crippen LogP contribution is 2.51. The van der Waals surface area contributed by atoms with Crippen LogP contribution in [0.4, 0.5) is 4.39 Å². The largest absolute Gasteiger partial charge is 0.424 e. The molecule has 1 amide bonds. The molecule has 0 unspecified atom stereocenters. The second-order valence-electron chi connectivity index (χ2n) is 7.85. The summed E-state index contributed by atoms with van der Waals surface area (Å²) in [5.74, 6) is 1.70. The van der Waals surface area contributed by atoms with E-state index in [1.807, 2.05) is 4.90 Å². The van der Waals surface area contributed by atoms with E-state index in [2.05, 4.69) is 15.2 Å². The van der Waals surface area contributed by atoms with Crippen LogP contribution in [0.5, 0.6) is 0 Å². The third-order valence-electron chi connectivity index (χ3n) is 6.17. The van der Waals surface area contributed by atoms with Gasteiger partial charge in [-0.15, -0.1) is 10.2 Å². The topological polar surface area (TPSA) is 72.1 Å². The first-order valence-electron chi connectivity index (χ1n) is 9.37. The highest BCUT2D eigenvalue weighted by molar-refractivity contribution is 5.79. The SMILES string of the molecule is O=C(Cc1ncccc1F)N1C[C@@H]2CCC[C@]2(c2nnc(C3CC3)o2)C1. The summed E-state index contributed by atoms with van der Waals surface area (Å²) in [4.78, 5) is 18.6. The minimum absolute atomic E-state index is 0.00731. The number of hydrogen-bond acceptors (Lipinski definition) is 5. The molecule has 5 rings (SSSR count). The molecule has 0 aromatic carbocycles. The van der Waals surface area contributed by atoms with Gasteiger partial charge in [-0.3, -0.25) is 9.78 Å². The molecule has 26 heavy (non-hydrogen) atoms. The van der Waals surface area contributed by atoms with Crippen LogP contribution < -0.4 is 0 Å². The zero-order chi connectivity index (χ0) is 17.7. The van der Waals surface area contributed by atoms with Crippen LogP contribution in [0, 0.1) is 11.7 Å². The maximum Gasteiger partial charge on any atom is 0.228 e. The van der Waals surface area contributed by atoms with Gasteiger partial charge in [0.15, 0.2) is 0 Å². The van der Waals surface area contributed by atoms with Gasteiger partial charge in [-0.05, 0) is 43.7 Å². The molecule has 0 bridgehead atoms. The van der Waals surface area contributed by atoms with E-state index in [1.54, 1.807) is 0 Å². The molecule has 2 saturated carbocycles. The number of halogens is 1. The predicted molar refractivity (Wildman–Crippen MR) is 89.8 cm³/mol. The molecule has 2 atom stereocenters. The Labute approximate surface area is 150 Å². The van der Waals surface area contributed by atoms with Crippen molar-refractivity contribution in [1.82, 2.24) is 20.1 Å². The Morgan fingerprint density at radius 3 is 3.04 bits per heavy atom. The number of hydrogen-bond donors (Lipinski definition) is 0.